The van der Waals surface area contributed by atoms with Gasteiger partial charge in [0.2, 0.25) is 0 Å². The van der Waals surface area contributed by atoms with E-state index in [4.69, 9.17) is 15.6 Å². The van der Waals surface area contributed by atoms with Gasteiger partial charge in [0.15, 0.2) is 0 Å². The van der Waals surface area contributed by atoms with Gasteiger partial charge in [0.25, 0.3) is 0 Å². The van der Waals surface area contributed by atoms with E-state index in [0.29, 0.717) is 17.9 Å². The first-order valence-electron chi connectivity index (χ1n) is 7.91. The zero-order valence-corrected chi connectivity index (χ0v) is 13.8. The molecule has 128 valence electrons. The molecule has 3 rings (SSSR count). The van der Waals surface area contributed by atoms with E-state index in [9.17, 15) is 4.79 Å². The Morgan fingerprint density at radius 3 is 2.76 bits per heavy atom. The summed E-state index contributed by atoms with van der Waals surface area (Å²) in [7, 11) is 0. The predicted octanol–water partition coefficient (Wildman–Crippen LogP) is 3.92. The lowest BCUT2D eigenvalue weighted by Crippen LogP contribution is -2.16. The minimum Gasteiger partial charge on any atom is -0.490 e. The van der Waals surface area contributed by atoms with Crippen LogP contribution in [0.5, 0.6) is 5.75 Å². The number of hydrogen-bond donors (Lipinski definition) is 3. The van der Waals surface area contributed by atoms with Gasteiger partial charge in [0.05, 0.1) is 6.10 Å². The van der Waals surface area contributed by atoms with E-state index in [0.717, 1.165) is 22.1 Å². The highest BCUT2D eigenvalue weighted by Crippen LogP contribution is 2.30. The standard InChI is InChI=1S/C19H19N3O3/c1-12(10-13-8-9-21-18(11-13)22-19(23)24)25-17-7-6-16(20)14-4-2-3-5-15(14)17/h2-9,11-12H,10,20H2,1H3,(H,21,22)(H,23,24). The van der Waals surface area contributed by atoms with Gasteiger partial charge in [-0.3, -0.25) is 5.32 Å². The molecular formula is C19H19N3O3. The minimum atomic E-state index is -1.14. The van der Waals surface area contributed by atoms with Crippen LogP contribution in [-0.4, -0.2) is 22.3 Å². The third-order valence-electron chi connectivity index (χ3n) is 3.83. The van der Waals surface area contributed by atoms with Gasteiger partial charge in [-0.05, 0) is 36.8 Å². The number of amides is 1. The van der Waals surface area contributed by atoms with Crippen LogP contribution in [-0.2, 0) is 6.42 Å². The maximum absolute atomic E-state index is 10.7. The van der Waals surface area contributed by atoms with Crippen LogP contribution in [0, 0.1) is 0 Å². The molecular weight excluding hydrogens is 318 g/mol. The number of aromatic nitrogens is 1. The lowest BCUT2D eigenvalue weighted by Gasteiger charge is -2.17. The maximum atomic E-state index is 10.7. The first kappa shape index (κ1) is 16.6. The summed E-state index contributed by atoms with van der Waals surface area (Å²) in [5.41, 5.74) is 7.67. The molecule has 0 fully saturated rings. The fourth-order valence-electron chi connectivity index (χ4n) is 2.77. The summed E-state index contributed by atoms with van der Waals surface area (Å²) >= 11 is 0. The number of rotatable bonds is 5. The second-order valence-electron chi connectivity index (χ2n) is 5.81. The number of hydrogen-bond acceptors (Lipinski definition) is 4. The molecule has 0 saturated heterocycles. The summed E-state index contributed by atoms with van der Waals surface area (Å²) < 4.78 is 6.09. The summed E-state index contributed by atoms with van der Waals surface area (Å²) in [4.78, 5) is 14.7. The Kier molecular flexibility index (Phi) is 4.70. The number of carbonyl (C=O) groups is 1. The van der Waals surface area contributed by atoms with Crippen LogP contribution >= 0.6 is 0 Å². The SMILES string of the molecule is CC(Cc1ccnc(NC(=O)O)c1)Oc1ccc(N)c2ccccc12. The molecule has 1 aromatic heterocycles. The van der Waals surface area contributed by atoms with E-state index in [-0.39, 0.29) is 6.10 Å². The number of nitrogens with two attached hydrogens (primary N) is 1. The molecule has 3 aromatic rings. The summed E-state index contributed by atoms with van der Waals surface area (Å²) in [6.07, 6.45) is 0.955. The monoisotopic (exact) mass is 337 g/mol. The largest absolute Gasteiger partial charge is 0.490 e. The van der Waals surface area contributed by atoms with Crippen molar-refractivity contribution in [3.05, 3.63) is 60.3 Å². The number of nitrogen functional groups attached to an aromatic ring is 1. The van der Waals surface area contributed by atoms with E-state index < -0.39 is 6.09 Å². The zero-order valence-electron chi connectivity index (χ0n) is 13.8. The molecule has 1 heterocycles. The number of anilines is 2. The van der Waals surface area contributed by atoms with Crippen molar-refractivity contribution in [2.45, 2.75) is 19.4 Å². The van der Waals surface area contributed by atoms with E-state index in [1.54, 1.807) is 12.3 Å². The molecule has 0 aliphatic rings. The molecule has 4 N–H and O–H groups in total. The Morgan fingerprint density at radius 2 is 2.00 bits per heavy atom. The van der Waals surface area contributed by atoms with Gasteiger partial charge in [-0.15, -0.1) is 0 Å². The maximum Gasteiger partial charge on any atom is 0.410 e. The topological polar surface area (TPSA) is 97.5 Å². The van der Waals surface area contributed by atoms with Gasteiger partial charge < -0.3 is 15.6 Å². The molecule has 0 spiro atoms. The van der Waals surface area contributed by atoms with Crippen LogP contribution in [0.15, 0.2) is 54.7 Å². The van der Waals surface area contributed by atoms with E-state index >= 15 is 0 Å². The van der Waals surface area contributed by atoms with Gasteiger partial charge in [-0.1, -0.05) is 24.3 Å². The molecule has 0 radical (unpaired) electrons. The smallest absolute Gasteiger partial charge is 0.410 e. The minimum absolute atomic E-state index is 0.105. The number of ether oxygens (including phenoxy) is 1. The second-order valence-corrected chi connectivity index (χ2v) is 5.81. The van der Waals surface area contributed by atoms with Crippen molar-refractivity contribution in [3.63, 3.8) is 0 Å². The molecule has 0 bridgehead atoms. The first-order valence-corrected chi connectivity index (χ1v) is 7.91. The third kappa shape index (κ3) is 3.98. The van der Waals surface area contributed by atoms with Crippen molar-refractivity contribution in [2.24, 2.45) is 0 Å². The summed E-state index contributed by atoms with van der Waals surface area (Å²) in [5, 5.41) is 13.0. The molecule has 6 nitrogen and oxygen atoms in total. The van der Waals surface area contributed by atoms with E-state index in [2.05, 4.69) is 10.3 Å². The average Bonchev–Trinajstić information content (AvgIpc) is 2.57. The van der Waals surface area contributed by atoms with Gasteiger partial charge >= 0.3 is 6.09 Å². The Bertz CT molecular complexity index is 911. The Labute approximate surface area is 145 Å². The second kappa shape index (κ2) is 7.09. The Balaban J connectivity index is 1.76. The first-order chi connectivity index (χ1) is 12.0. The molecule has 1 unspecified atom stereocenters. The summed E-state index contributed by atoms with van der Waals surface area (Å²) in [6, 6.07) is 15.1. The number of nitrogens with one attached hydrogen (secondary N) is 1. The lowest BCUT2D eigenvalue weighted by molar-refractivity contribution is 0.209. The summed E-state index contributed by atoms with van der Waals surface area (Å²) in [5.74, 6) is 1.07. The number of nitrogens with zero attached hydrogens (tertiary/aromatic N) is 1. The van der Waals surface area contributed by atoms with Crippen molar-refractivity contribution in [3.8, 4) is 5.75 Å². The third-order valence-corrected chi connectivity index (χ3v) is 3.83. The normalized spacial score (nSPS) is 11.9. The fourth-order valence-corrected chi connectivity index (χ4v) is 2.77. The number of carboxylic acid groups (broad SMARTS) is 1. The van der Waals surface area contributed by atoms with Gasteiger partial charge in [0, 0.05) is 29.1 Å². The fraction of sp³-hybridized carbons (Fsp3) is 0.158. The van der Waals surface area contributed by atoms with Crippen LogP contribution in [0.25, 0.3) is 10.8 Å². The highest BCUT2D eigenvalue weighted by Gasteiger charge is 2.11. The van der Waals surface area contributed by atoms with Crippen LogP contribution in [0.1, 0.15) is 12.5 Å². The zero-order chi connectivity index (χ0) is 17.8. The summed E-state index contributed by atoms with van der Waals surface area (Å²) in [6.45, 7) is 1.97. The van der Waals surface area contributed by atoms with Crippen molar-refractivity contribution in [1.82, 2.24) is 4.98 Å². The van der Waals surface area contributed by atoms with Gasteiger partial charge in [-0.25, -0.2) is 9.78 Å². The Morgan fingerprint density at radius 1 is 1.24 bits per heavy atom. The van der Waals surface area contributed by atoms with Crippen LogP contribution in [0.2, 0.25) is 0 Å². The van der Waals surface area contributed by atoms with E-state index in [1.807, 2.05) is 49.4 Å². The molecule has 0 saturated carbocycles. The quantitative estimate of drug-likeness (QED) is 0.613. The van der Waals surface area contributed by atoms with Crippen LogP contribution < -0.4 is 15.8 Å². The molecule has 0 aliphatic carbocycles. The van der Waals surface area contributed by atoms with Crippen molar-refractivity contribution < 1.29 is 14.6 Å². The molecule has 2 aromatic carbocycles. The van der Waals surface area contributed by atoms with Gasteiger partial charge in [-0.2, -0.15) is 0 Å². The number of pyridine rings is 1. The number of benzene rings is 2. The van der Waals surface area contributed by atoms with Crippen LogP contribution in [0.4, 0.5) is 16.3 Å². The highest BCUT2D eigenvalue weighted by molar-refractivity contribution is 5.97. The van der Waals surface area contributed by atoms with Crippen molar-refractivity contribution in [1.29, 1.82) is 0 Å². The van der Waals surface area contributed by atoms with Crippen molar-refractivity contribution in [2.75, 3.05) is 11.1 Å². The lowest BCUT2D eigenvalue weighted by atomic mass is 10.1. The van der Waals surface area contributed by atoms with Gasteiger partial charge in [0.1, 0.15) is 11.6 Å². The molecule has 1 amide bonds. The van der Waals surface area contributed by atoms with E-state index in [1.165, 1.54) is 0 Å². The molecule has 0 aliphatic heterocycles. The Hall–Kier alpha value is -3.28. The highest BCUT2D eigenvalue weighted by atomic mass is 16.5. The van der Waals surface area contributed by atoms with Crippen LogP contribution in [0.3, 0.4) is 0 Å². The predicted molar refractivity (Wildman–Crippen MR) is 98.0 cm³/mol. The molecule has 25 heavy (non-hydrogen) atoms. The average molecular weight is 337 g/mol. The molecule has 6 heteroatoms. The van der Waals surface area contributed by atoms with Crippen molar-refractivity contribution >= 4 is 28.4 Å². The number of fused-ring (bicyclic) bond motifs is 1. The molecule has 1 atom stereocenters.